The highest BCUT2D eigenvalue weighted by Gasteiger charge is 2.39. The van der Waals surface area contributed by atoms with Crippen LogP contribution in [0, 0.1) is 24.7 Å². The molecule has 1 aromatic carbocycles. The number of aliphatic carboxylic acids is 1. The third-order valence-corrected chi connectivity index (χ3v) is 10.5. The monoisotopic (exact) mass is 775 g/mol. The van der Waals surface area contributed by atoms with Gasteiger partial charge in [-0.2, -0.15) is 0 Å². The first-order valence-electron chi connectivity index (χ1n) is 17.8. The maximum absolute atomic E-state index is 14.2. The lowest BCUT2D eigenvalue weighted by atomic mass is 9.83. The van der Waals surface area contributed by atoms with E-state index in [1.807, 2.05) is 0 Å². The predicted molar refractivity (Wildman–Crippen MR) is 210 cm³/mol. The summed E-state index contributed by atoms with van der Waals surface area (Å²) in [5, 5.41) is 55.3. The molecule has 0 saturated carbocycles. The molecule has 0 saturated heterocycles. The summed E-state index contributed by atoms with van der Waals surface area (Å²) in [5.41, 5.74) is -1.04. The number of thioether (sulfide) groups is 1. The van der Waals surface area contributed by atoms with Crippen molar-refractivity contribution in [3.8, 4) is 5.75 Å². The summed E-state index contributed by atoms with van der Waals surface area (Å²) in [6.45, 7) is 11.0. The molecule has 6 N–H and O–H groups in total. The number of fused-ring (bicyclic) bond motifs is 18. The number of allylic oxidation sites excluding steroid dienone is 8. The molecular formula is C42H49NO11S. The average molecular weight is 776 g/mol. The molecule has 294 valence electrons. The SMILES string of the molecule is CC1=CC[C@H](O)C=C[C@H](C)[C@H](O)[C@@H](C)C=C(C)C(=O)c2c(O)c(C)cc3c2C(=O)C(SCC(=O)O)=C(NC(=O)C(C)=CC=CC=C[C@H](C)[C@@H](O)CC1=O)C3=O. The number of phenols is 1. The molecule has 0 fully saturated rings. The number of aliphatic hydroxyl groups is 3. The lowest BCUT2D eigenvalue weighted by Crippen LogP contribution is -2.35. The van der Waals surface area contributed by atoms with E-state index in [0.29, 0.717) is 17.3 Å². The van der Waals surface area contributed by atoms with Crippen molar-refractivity contribution in [2.45, 2.75) is 79.6 Å². The minimum absolute atomic E-state index is 0.0337. The van der Waals surface area contributed by atoms with Gasteiger partial charge in [0.15, 0.2) is 11.6 Å². The van der Waals surface area contributed by atoms with Gasteiger partial charge in [-0.3, -0.25) is 28.8 Å². The van der Waals surface area contributed by atoms with Crippen LogP contribution in [0.5, 0.6) is 5.75 Å². The third kappa shape index (κ3) is 11.3. The number of carboxylic acid groups (broad SMARTS) is 1. The number of carbonyl (C=O) groups is 6. The summed E-state index contributed by atoms with van der Waals surface area (Å²) in [5.74, 6) is -7.80. The molecule has 2 heterocycles. The number of ketones is 4. The molecular weight excluding hydrogens is 727 g/mol. The molecule has 4 rings (SSSR count). The summed E-state index contributed by atoms with van der Waals surface area (Å²) in [7, 11) is 0. The molecule has 2 aliphatic heterocycles. The molecule has 3 aliphatic rings. The van der Waals surface area contributed by atoms with Crippen LogP contribution in [0.1, 0.15) is 91.0 Å². The van der Waals surface area contributed by atoms with Crippen LogP contribution in [-0.2, 0) is 14.4 Å². The number of hydrogen-bond acceptors (Lipinski definition) is 11. The van der Waals surface area contributed by atoms with Gasteiger partial charge in [-0.05, 0) is 56.9 Å². The molecule has 0 spiro atoms. The first-order chi connectivity index (χ1) is 25.8. The summed E-state index contributed by atoms with van der Waals surface area (Å²) >= 11 is 0.487. The Balaban J connectivity index is 2.17. The third-order valence-electron chi connectivity index (χ3n) is 9.46. The molecule has 12 nitrogen and oxygen atoms in total. The van der Waals surface area contributed by atoms with E-state index in [1.165, 1.54) is 51.1 Å². The molecule has 4 bridgehead atoms. The Morgan fingerprint density at radius 1 is 0.800 bits per heavy atom. The van der Waals surface area contributed by atoms with Gasteiger partial charge in [0.1, 0.15) is 11.4 Å². The van der Waals surface area contributed by atoms with Crippen LogP contribution in [0.3, 0.4) is 0 Å². The highest BCUT2D eigenvalue weighted by Crippen LogP contribution is 2.39. The Morgan fingerprint density at radius 2 is 1.47 bits per heavy atom. The van der Waals surface area contributed by atoms with Gasteiger partial charge in [0.25, 0.3) is 5.91 Å². The number of phenolic OH excluding ortho intramolecular Hbond substituents is 1. The Hall–Kier alpha value is -4.95. The standard InChI is InChI=1S/C42H49NO11S/c1-21-11-9-8-10-12-24(4)42(54)43-35-39(52)29-18-27(7)38(51)34(33(29)40(53)41(35)55-20-32(47)48)37(50)26(6)17-25(5)36(49)23(3)14-16-28(44)15-13-22(2)31(46)19-30(21)45/h8-14,16-18,21,23,25,28,30,36,44-45,49,51H,15,19-20H2,1-7H3,(H,43,54)(H,47,48)/t21-,23-,25-,28-,30-,36-/m0/s1. The number of aromatic hydroxyl groups is 1. The van der Waals surface area contributed by atoms with Crippen molar-refractivity contribution < 1.29 is 54.3 Å². The van der Waals surface area contributed by atoms with Crippen LogP contribution in [0.2, 0.25) is 0 Å². The normalized spacial score (nSPS) is 25.5. The van der Waals surface area contributed by atoms with E-state index >= 15 is 0 Å². The maximum atomic E-state index is 14.2. The van der Waals surface area contributed by atoms with E-state index in [-0.39, 0.29) is 40.9 Å². The Labute approximate surface area is 324 Å². The molecule has 55 heavy (non-hydrogen) atoms. The minimum atomic E-state index is -1.32. The second-order valence-electron chi connectivity index (χ2n) is 14.0. The number of aryl methyl sites for hydroxylation is 1. The van der Waals surface area contributed by atoms with Crippen LogP contribution < -0.4 is 5.32 Å². The predicted octanol–water partition coefficient (Wildman–Crippen LogP) is 5.27. The van der Waals surface area contributed by atoms with E-state index in [0.717, 1.165) is 0 Å². The Kier molecular flexibility index (Phi) is 15.8. The topological polar surface area (TPSA) is 216 Å². The van der Waals surface area contributed by atoms with Crippen molar-refractivity contribution in [3.63, 3.8) is 0 Å². The zero-order chi connectivity index (χ0) is 41.3. The van der Waals surface area contributed by atoms with Crippen molar-refractivity contribution in [2.75, 3.05) is 5.75 Å². The second kappa shape index (κ2) is 19.6. The van der Waals surface area contributed by atoms with E-state index in [2.05, 4.69) is 5.32 Å². The van der Waals surface area contributed by atoms with Crippen LogP contribution in [0.25, 0.3) is 0 Å². The van der Waals surface area contributed by atoms with Gasteiger partial charge in [0.05, 0.1) is 34.5 Å². The first-order valence-corrected chi connectivity index (χ1v) is 18.8. The Bertz CT molecular complexity index is 1960. The molecule has 0 radical (unpaired) electrons. The van der Waals surface area contributed by atoms with Crippen molar-refractivity contribution in [3.05, 3.63) is 110 Å². The number of carboxylic acids is 1. The number of hydrogen-bond donors (Lipinski definition) is 6. The van der Waals surface area contributed by atoms with Crippen molar-refractivity contribution >= 4 is 46.8 Å². The molecule has 0 aromatic heterocycles. The lowest BCUT2D eigenvalue weighted by Gasteiger charge is -2.25. The minimum Gasteiger partial charge on any atom is -0.507 e. The Morgan fingerprint density at radius 3 is 2.13 bits per heavy atom. The maximum Gasteiger partial charge on any atom is 0.313 e. The smallest absolute Gasteiger partial charge is 0.313 e. The van der Waals surface area contributed by atoms with Gasteiger partial charge >= 0.3 is 5.97 Å². The number of Topliss-reactive ketones (excluding diaryl/α,β-unsaturated/α-hetero) is 4. The van der Waals surface area contributed by atoms with Crippen LogP contribution in [0.4, 0.5) is 0 Å². The molecule has 1 aromatic rings. The quantitative estimate of drug-likeness (QED) is 0.217. The highest BCUT2D eigenvalue weighted by atomic mass is 32.2. The van der Waals surface area contributed by atoms with E-state index in [9.17, 15) is 54.3 Å². The average Bonchev–Trinajstić information content (AvgIpc) is 3.13. The number of aliphatic hydroxyl groups excluding tert-OH is 3. The first kappa shape index (κ1) is 44.4. The zero-order valence-corrected chi connectivity index (χ0v) is 32.8. The largest absolute Gasteiger partial charge is 0.507 e. The summed E-state index contributed by atoms with van der Waals surface area (Å²) in [6, 6.07) is 1.23. The van der Waals surface area contributed by atoms with E-state index < -0.39 is 98.5 Å². The van der Waals surface area contributed by atoms with Crippen LogP contribution in [0.15, 0.2) is 88.1 Å². The van der Waals surface area contributed by atoms with Crippen molar-refractivity contribution in [1.29, 1.82) is 0 Å². The number of nitrogens with one attached hydrogen (secondary N) is 1. The van der Waals surface area contributed by atoms with Gasteiger partial charge in [-0.25, -0.2) is 0 Å². The summed E-state index contributed by atoms with van der Waals surface area (Å²) < 4.78 is 0. The fraction of sp³-hybridized carbons (Fsp3) is 0.381. The van der Waals surface area contributed by atoms with Gasteiger partial charge < -0.3 is 30.8 Å². The number of rotatable bonds is 3. The number of amides is 1. The zero-order valence-electron chi connectivity index (χ0n) is 32.0. The fourth-order valence-electron chi connectivity index (χ4n) is 5.90. The molecule has 1 aliphatic carbocycles. The van der Waals surface area contributed by atoms with E-state index in [4.69, 9.17) is 0 Å². The van der Waals surface area contributed by atoms with Gasteiger partial charge in [0, 0.05) is 40.9 Å². The summed E-state index contributed by atoms with van der Waals surface area (Å²) in [6.07, 6.45) is 10.9. The molecule has 0 unspecified atom stereocenters. The number of carbonyl (C=O) groups excluding carboxylic acids is 5. The van der Waals surface area contributed by atoms with Crippen molar-refractivity contribution in [2.24, 2.45) is 17.8 Å². The van der Waals surface area contributed by atoms with Gasteiger partial charge in [-0.1, -0.05) is 75.5 Å². The van der Waals surface area contributed by atoms with Gasteiger partial charge in [0.2, 0.25) is 11.6 Å². The van der Waals surface area contributed by atoms with Crippen molar-refractivity contribution in [1.82, 2.24) is 5.32 Å². The number of benzene rings is 1. The molecule has 1 amide bonds. The highest BCUT2D eigenvalue weighted by molar-refractivity contribution is 8.04. The van der Waals surface area contributed by atoms with Crippen LogP contribution >= 0.6 is 11.8 Å². The van der Waals surface area contributed by atoms with Crippen LogP contribution in [-0.4, -0.2) is 84.6 Å². The molecule has 13 heteroatoms. The fourth-order valence-corrected chi connectivity index (χ4v) is 6.69. The second-order valence-corrected chi connectivity index (χ2v) is 15.0. The van der Waals surface area contributed by atoms with Gasteiger partial charge in [-0.15, -0.1) is 11.8 Å². The lowest BCUT2D eigenvalue weighted by molar-refractivity contribution is -0.134. The van der Waals surface area contributed by atoms with E-state index in [1.54, 1.807) is 58.1 Å². The summed E-state index contributed by atoms with van der Waals surface area (Å²) in [4.78, 5) is 79.4. The molecule has 6 atom stereocenters.